The average Bonchev–Trinajstić information content (AvgIpc) is 3.05. The quantitative estimate of drug-likeness (QED) is 0.308. The molecule has 120 valence electrons. The molecule has 0 saturated heterocycles. The van der Waals surface area contributed by atoms with E-state index >= 15 is 0 Å². The molecule has 0 aliphatic carbocycles. The number of hydrogen-bond donors (Lipinski definition) is 0. The van der Waals surface area contributed by atoms with E-state index in [0.717, 1.165) is 6.07 Å². The van der Waals surface area contributed by atoms with E-state index in [1.807, 2.05) is 0 Å². The van der Waals surface area contributed by atoms with Crippen molar-refractivity contribution in [1.82, 2.24) is 10.1 Å². The Bertz CT molecular complexity index is 910. The summed E-state index contributed by atoms with van der Waals surface area (Å²) in [5.41, 5.74) is 0.322. The van der Waals surface area contributed by atoms with E-state index in [-0.39, 0.29) is 22.2 Å². The van der Waals surface area contributed by atoms with Crippen molar-refractivity contribution in [1.29, 1.82) is 0 Å². The van der Waals surface area contributed by atoms with Gasteiger partial charge in [0.2, 0.25) is 0 Å². The minimum atomic E-state index is -0.779. The molecule has 8 nitrogen and oxygen atoms in total. The number of benzene rings is 1. The molecule has 0 aliphatic rings. The monoisotopic (exact) mass is 345 g/mol. The van der Waals surface area contributed by atoms with Gasteiger partial charge in [-0.2, -0.15) is 0 Å². The van der Waals surface area contributed by atoms with E-state index < -0.39 is 10.9 Å². The van der Waals surface area contributed by atoms with Crippen molar-refractivity contribution < 1.29 is 19.0 Å². The van der Waals surface area contributed by atoms with Crippen LogP contribution in [0.2, 0.25) is 5.02 Å². The lowest BCUT2D eigenvalue weighted by Crippen LogP contribution is -2.08. The molecule has 0 saturated carbocycles. The number of aromatic nitrogens is 2. The molecule has 9 heteroatoms. The molecule has 1 aromatic carbocycles. The number of halogens is 1. The predicted octanol–water partition coefficient (Wildman–Crippen LogP) is 3.52. The number of pyridine rings is 1. The number of carbonyl (C=O) groups is 1. The van der Waals surface area contributed by atoms with Crippen LogP contribution in [-0.2, 0) is 0 Å². The van der Waals surface area contributed by atoms with Gasteiger partial charge in [-0.15, -0.1) is 0 Å². The maximum absolute atomic E-state index is 12.1. The largest absolute Gasteiger partial charge is 0.422 e. The molecule has 0 fully saturated rings. The zero-order valence-corrected chi connectivity index (χ0v) is 12.6. The van der Waals surface area contributed by atoms with Crippen LogP contribution in [0, 0.1) is 10.1 Å². The van der Waals surface area contributed by atoms with Gasteiger partial charge < -0.3 is 9.26 Å². The van der Waals surface area contributed by atoms with Gasteiger partial charge in [-0.05, 0) is 18.2 Å². The number of carbonyl (C=O) groups excluding carboxylic acids is 1. The van der Waals surface area contributed by atoms with Crippen molar-refractivity contribution in [3.63, 3.8) is 0 Å². The van der Waals surface area contributed by atoms with Gasteiger partial charge in [0.15, 0.2) is 11.5 Å². The van der Waals surface area contributed by atoms with Crippen LogP contribution >= 0.6 is 11.6 Å². The van der Waals surface area contributed by atoms with E-state index in [9.17, 15) is 14.9 Å². The highest BCUT2D eigenvalue weighted by molar-refractivity contribution is 6.32. The second kappa shape index (κ2) is 6.47. The molecule has 0 N–H and O–H groups in total. The van der Waals surface area contributed by atoms with E-state index in [2.05, 4.69) is 10.1 Å². The lowest BCUT2D eigenvalue weighted by molar-refractivity contribution is -0.384. The van der Waals surface area contributed by atoms with Crippen molar-refractivity contribution in [3.8, 4) is 17.1 Å². The van der Waals surface area contributed by atoms with Crippen LogP contribution in [0.25, 0.3) is 11.3 Å². The zero-order chi connectivity index (χ0) is 17.1. The first-order valence-electron chi connectivity index (χ1n) is 6.58. The second-order valence-corrected chi connectivity index (χ2v) is 4.99. The average molecular weight is 346 g/mol. The minimum absolute atomic E-state index is 0.0525. The molecule has 24 heavy (non-hydrogen) atoms. The van der Waals surface area contributed by atoms with Crippen LogP contribution in [0.3, 0.4) is 0 Å². The summed E-state index contributed by atoms with van der Waals surface area (Å²) in [6.07, 6.45) is 3.17. The smallest absolute Gasteiger partial charge is 0.365 e. The van der Waals surface area contributed by atoms with E-state index in [1.165, 1.54) is 18.2 Å². The Kier molecular flexibility index (Phi) is 4.21. The van der Waals surface area contributed by atoms with E-state index in [4.69, 9.17) is 20.9 Å². The van der Waals surface area contributed by atoms with Gasteiger partial charge in [0.1, 0.15) is 10.8 Å². The number of nitrogens with zero attached hydrogens (tertiary/aromatic N) is 3. The molecule has 0 unspecified atom stereocenters. The minimum Gasteiger partial charge on any atom is -0.422 e. The van der Waals surface area contributed by atoms with Crippen LogP contribution in [0.4, 0.5) is 5.69 Å². The molecule has 3 rings (SSSR count). The summed E-state index contributed by atoms with van der Waals surface area (Å²) in [7, 11) is 0. The first kappa shape index (κ1) is 15.6. The molecular weight excluding hydrogens is 338 g/mol. The van der Waals surface area contributed by atoms with Gasteiger partial charge in [-0.1, -0.05) is 16.8 Å². The van der Waals surface area contributed by atoms with Crippen molar-refractivity contribution in [2.24, 2.45) is 0 Å². The van der Waals surface area contributed by atoms with Gasteiger partial charge in [-0.25, -0.2) is 4.79 Å². The van der Waals surface area contributed by atoms with Crippen LogP contribution in [-0.4, -0.2) is 21.0 Å². The van der Waals surface area contributed by atoms with Crippen LogP contribution < -0.4 is 4.74 Å². The molecule has 0 aliphatic heterocycles. The maximum Gasteiger partial charge on any atom is 0.365 e. The Balaban J connectivity index is 1.77. The summed E-state index contributed by atoms with van der Waals surface area (Å²) in [4.78, 5) is 26.1. The number of hydrogen-bond acceptors (Lipinski definition) is 7. The normalized spacial score (nSPS) is 10.4. The Labute approximate surface area is 139 Å². The molecule has 2 heterocycles. The first-order chi connectivity index (χ1) is 11.5. The van der Waals surface area contributed by atoms with Crippen molar-refractivity contribution >= 4 is 23.3 Å². The molecule has 0 spiro atoms. The van der Waals surface area contributed by atoms with Gasteiger partial charge in [0.25, 0.3) is 5.69 Å². The number of rotatable bonds is 4. The number of ether oxygens (including phenoxy) is 1. The third kappa shape index (κ3) is 3.23. The lowest BCUT2D eigenvalue weighted by Gasteiger charge is -2.02. The van der Waals surface area contributed by atoms with Gasteiger partial charge >= 0.3 is 5.97 Å². The Hall–Kier alpha value is -3.26. The number of nitro groups is 1. The van der Waals surface area contributed by atoms with Crippen molar-refractivity contribution in [2.75, 3.05) is 0 Å². The second-order valence-electron chi connectivity index (χ2n) is 4.58. The first-order valence-corrected chi connectivity index (χ1v) is 6.95. The van der Waals surface area contributed by atoms with E-state index in [0.29, 0.717) is 11.3 Å². The van der Waals surface area contributed by atoms with Crippen LogP contribution in [0.15, 0.2) is 53.3 Å². The molecule has 3 aromatic rings. The third-order valence-electron chi connectivity index (χ3n) is 2.99. The fourth-order valence-electron chi connectivity index (χ4n) is 1.87. The molecule has 0 atom stereocenters. The van der Waals surface area contributed by atoms with Crippen LogP contribution in [0.1, 0.15) is 10.5 Å². The summed E-state index contributed by atoms with van der Waals surface area (Å²) >= 11 is 5.76. The highest BCUT2D eigenvalue weighted by Crippen LogP contribution is 2.29. The predicted molar refractivity (Wildman–Crippen MR) is 82.8 cm³/mol. The maximum atomic E-state index is 12.1. The Morgan fingerprint density at radius 1 is 1.29 bits per heavy atom. The molecule has 0 amide bonds. The van der Waals surface area contributed by atoms with Gasteiger partial charge in [0.05, 0.1) is 4.92 Å². The molecule has 2 aromatic heterocycles. The zero-order valence-electron chi connectivity index (χ0n) is 11.9. The standard InChI is InChI=1S/C15H8ClN3O5/c16-11-6-10(3-4-13(11)19(21)22)23-15(20)12-7-14(24-18-12)9-2-1-5-17-8-9/h1-8H. The molecule has 0 bridgehead atoms. The topological polar surface area (TPSA) is 108 Å². The summed E-state index contributed by atoms with van der Waals surface area (Å²) < 4.78 is 10.2. The lowest BCUT2D eigenvalue weighted by atomic mass is 10.2. The fourth-order valence-corrected chi connectivity index (χ4v) is 2.11. The number of esters is 1. The summed E-state index contributed by atoms with van der Waals surface area (Å²) in [6, 6.07) is 8.47. The highest BCUT2D eigenvalue weighted by Gasteiger charge is 2.18. The van der Waals surface area contributed by atoms with Crippen LogP contribution in [0.5, 0.6) is 5.75 Å². The Morgan fingerprint density at radius 2 is 2.12 bits per heavy atom. The van der Waals surface area contributed by atoms with Gasteiger partial charge in [0, 0.05) is 36.2 Å². The highest BCUT2D eigenvalue weighted by atomic mass is 35.5. The summed E-state index contributed by atoms with van der Waals surface area (Å²) in [6.45, 7) is 0. The Morgan fingerprint density at radius 3 is 2.79 bits per heavy atom. The van der Waals surface area contributed by atoms with Crippen molar-refractivity contribution in [3.05, 3.63) is 69.6 Å². The van der Waals surface area contributed by atoms with Gasteiger partial charge in [-0.3, -0.25) is 15.1 Å². The molecule has 0 radical (unpaired) electrons. The number of nitro benzene ring substituents is 1. The molecular formula is C15H8ClN3O5. The fraction of sp³-hybridized carbons (Fsp3) is 0. The van der Waals surface area contributed by atoms with E-state index in [1.54, 1.807) is 24.5 Å². The summed E-state index contributed by atoms with van der Waals surface area (Å²) in [5.74, 6) is -0.364. The third-order valence-corrected chi connectivity index (χ3v) is 3.29. The SMILES string of the molecule is O=C(Oc1ccc([N+](=O)[O-])c(Cl)c1)c1cc(-c2cccnc2)on1. The van der Waals surface area contributed by atoms with Crippen molar-refractivity contribution in [2.45, 2.75) is 0 Å². The summed E-state index contributed by atoms with van der Waals surface area (Å²) in [5, 5.41) is 14.2.